The van der Waals surface area contributed by atoms with Crippen molar-refractivity contribution in [1.29, 1.82) is 0 Å². The summed E-state index contributed by atoms with van der Waals surface area (Å²) in [6.45, 7) is 8.05. The molecule has 0 unspecified atom stereocenters. The molecule has 0 saturated heterocycles. The van der Waals surface area contributed by atoms with Gasteiger partial charge in [0.05, 0.1) is 24.8 Å². The molecule has 1 aliphatic rings. The molecule has 0 radical (unpaired) electrons. The van der Waals surface area contributed by atoms with Crippen molar-refractivity contribution in [2.75, 3.05) is 7.11 Å². The molecular formula is C28H32N2O3. The molecule has 0 atom stereocenters. The number of benzene rings is 2. The Hall–Kier alpha value is -3.39. The summed E-state index contributed by atoms with van der Waals surface area (Å²) in [5, 5.41) is 2.95. The molecule has 1 N–H and O–H groups in total. The third-order valence-electron chi connectivity index (χ3n) is 6.32. The summed E-state index contributed by atoms with van der Waals surface area (Å²) in [5.41, 5.74) is 2.96. The van der Waals surface area contributed by atoms with Crippen LogP contribution in [0.1, 0.15) is 78.8 Å². The molecule has 2 aromatic rings. The first-order valence-corrected chi connectivity index (χ1v) is 11.4. The average molecular weight is 445 g/mol. The molecule has 0 fully saturated rings. The number of carbonyl (C=O) groups excluding carboxylic acids is 2. The maximum atomic E-state index is 13.1. The van der Waals surface area contributed by atoms with E-state index in [1.54, 1.807) is 31.4 Å². The molecule has 5 nitrogen and oxygen atoms in total. The van der Waals surface area contributed by atoms with Gasteiger partial charge in [0.2, 0.25) is 0 Å². The van der Waals surface area contributed by atoms with Crippen molar-refractivity contribution in [1.82, 2.24) is 5.32 Å². The molecule has 172 valence electrons. The highest BCUT2D eigenvalue weighted by atomic mass is 16.5. The summed E-state index contributed by atoms with van der Waals surface area (Å²) in [4.78, 5) is 30.6. The Morgan fingerprint density at radius 2 is 1.76 bits per heavy atom. The number of nitrogens with one attached hydrogen (secondary N) is 1. The van der Waals surface area contributed by atoms with Crippen molar-refractivity contribution in [3.63, 3.8) is 0 Å². The van der Waals surface area contributed by atoms with Crippen LogP contribution in [0.25, 0.3) is 0 Å². The number of fused-ring (bicyclic) bond motifs is 1. The van der Waals surface area contributed by atoms with Crippen LogP contribution in [0.2, 0.25) is 0 Å². The molecule has 0 saturated carbocycles. The first-order chi connectivity index (χ1) is 15.7. The summed E-state index contributed by atoms with van der Waals surface area (Å²) in [7, 11) is 1.63. The third kappa shape index (κ3) is 5.34. The van der Waals surface area contributed by atoms with Crippen molar-refractivity contribution < 1.29 is 14.3 Å². The predicted octanol–water partition coefficient (Wildman–Crippen LogP) is 5.01. The zero-order chi connectivity index (χ0) is 24.2. The number of aliphatic imine (C=N–C) groups is 1. The van der Waals surface area contributed by atoms with E-state index < -0.39 is 5.54 Å². The van der Waals surface area contributed by atoms with E-state index in [2.05, 4.69) is 25.1 Å². The molecule has 5 heteroatoms. The van der Waals surface area contributed by atoms with E-state index in [4.69, 9.17) is 16.2 Å². The van der Waals surface area contributed by atoms with E-state index in [0.717, 1.165) is 29.0 Å². The minimum Gasteiger partial charge on any atom is -0.497 e. The van der Waals surface area contributed by atoms with E-state index in [1.807, 2.05) is 32.0 Å². The van der Waals surface area contributed by atoms with Gasteiger partial charge in [-0.2, -0.15) is 0 Å². The lowest BCUT2D eigenvalue weighted by Crippen LogP contribution is -2.46. The van der Waals surface area contributed by atoms with Crippen molar-refractivity contribution >= 4 is 17.4 Å². The lowest BCUT2D eigenvalue weighted by atomic mass is 9.85. The fraction of sp³-hybridized carbons (Fsp3) is 0.393. The molecule has 1 amide bonds. The molecular weight excluding hydrogens is 412 g/mol. The predicted molar refractivity (Wildman–Crippen MR) is 132 cm³/mol. The number of ketones is 1. The lowest BCUT2D eigenvalue weighted by Gasteiger charge is -2.29. The Bertz CT molecular complexity index is 1120. The molecule has 0 bridgehead atoms. The number of terminal acetylenes is 1. The second-order valence-corrected chi connectivity index (χ2v) is 9.14. The zero-order valence-electron chi connectivity index (χ0n) is 20.1. The van der Waals surface area contributed by atoms with Crippen molar-refractivity contribution in [2.24, 2.45) is 4.99 Å². The molecule has 1 aliphatic heterocycles. The van der Waals surface area contributed by atoms with Gasteiger partial charge in [-0.15, -0.1) is 6.42 Å². The second-order valence-electron chi connectivity index (χ2n) is 9.14. The Balaban J connectivity index is 1.79. The number of hydrogen-bond acceptors (Lipinski definition) is 4. The minimum absolute atomic E-state index is 0.0488. The van der Waals surface area contributed by atoms with E-state index >= 15 is 0 Å². The largest absolute Gasteiger partial charge is 0.497 e. The number of hydrogen-bond donors (Lipinski definition) is 1. The van der Waals surface area contributed by atoms with Crippen LogP contribution in [0.15, 0.2) is 47.5 Å². The molecule has 1 heterocycles. The van der Waals surface area contributed by atoms with Gasteiger partial charge in [0.25, 0.3) is 5.91 Å². The van der Waals surface area contributed by atoms with Gasteiger partial charge in [-0.1, -0.05) is 38.0 Å². The summed E-state index contributed by atoms with van der Waals surface area (Å²) < 4.78 is 5.37. The number of methoxy groups -OCH3 is 1. The molecule has 3 rings (SSSR count). The van der Waals surface area contributed by atoms with Crippen LogP contribution in [0, 0.1) is 12.3 Å². The lowest BCUT2D eigenvalue weighted by molar-refractivity contribution is 0.0914. The number of amides is 1. The van der Waals surface area contributed by atoms with Gasteiger partial charge in [0.1, 0.15) is 11.3 Å². The van der Waals surface area contributed by atoms with Gasteiger partial charge in [0.15, 0.2) is 5.78 Å². The van der Waals surface area contributed by atoms with E-state index in [1.165, 1.54) is 0 Å². The third-order valence-corrected chi connectivity index (χ3v) is 6.32. The Kier molecular flexibility index (Phi) is 7.07. The number of ether oxygens (including phenoxy) is 1. The zero-order valence-corrected chi connectivity index (χ0v) is 20.1. The normalized spacial score (nSPS) is 14.5. The minimum atomic E-state index is -0.661. The summed E-state index contributed by atoms with van der Waals surface area (Å²) in [6, 6.07) is 12.6. The van der Waals surface area contributed by atoms with Crippen molar-refractivity contribution in [3.05, 3.63) is 64.7 Å². The number of nitrogens with zero attached hydrogens (tertiary/aromatic N) is 1. The average Bonchev–Trinajstić information content (AvgIpc) is 2.81. The van der Waals surface area contributed by atoms with E-state index in [0.29, 0.717) is 24.0 Å². The Morgan fingerprint density at radius 3 is 2.33 bits per heavy atom. The van der Waals surface area contributed by atoms with Crippen LogP contribution in [0.3, 0.4) is 0 Å². The van der Waals surface area contributed by atoms with Gasteiger partial charge < -0.3 is 10.1 Å². The topological polar surface area (TPSA) is 67.8 Å². The summed E-state index contributed by atoms with van der Waals surface area (Å²) >= 11 is 0. The maximum Gasteiger partial charge on any atom is 0.252 e. The van der Waals surface area contributed by atoms with Gasteiger partial charge in [-0.05, 0) is 62.9 Å². The van der Waals surface area contributed by atoms with Crippen LogP contribution < -0.4 is 10.1 Å². The molecule has 0 aliphatic carbocycles. The molecule has 33 heavy (non-hydrogen) atoms. The van der Waals surface area contributed by atoms with Gasteiger partial charge in [0, 0.05) is 16.7 Å². The number of rotatable bonds is 8. The monoisotopic (exact) mass is 444 g/mol. The van der Waals surface area contributed by atoms with Crippen LogP contribution in [-0.2, 0) is 6.42 Å². The fourth-order valence-electron chi connectivity index (χ4n) is 4.19. The van der Waals surface area contributed by atoms with Crippen LogP contribution in [-0.4, -0.2) is 35.6 Å². The Labute approximate surface area is 196 Å². The first kappa shape index (κ1) is 24.3. The van der Waals surface area contributed by atoms with Crippen molar-refractivity contribution in [3.8, 4) is 18.1 Å². The van der Waals surface area contributed by atoms with Crippen LogP contribution in [0.4, 0.5) is 0 Å². The van der Waals surface area contributed by atoms with Crippen LogP contribution in [0.5, 0.6) is 5.75 Å². The highest BCUT2D eigenvalue weighted by Crippen LogP contribution is 2.31. The fourth-order valence-corrected chi connectivity index (χ4v) is 4.19. The number of carbonyl (C=O) groups is 2. The summed E-state index contributed by atoms with van der Waals surface area (Å²) in [6.07, 6.45) is 7.93. The van der Waals surface area contributed by atoms with E-state index in [9.17, 15) is 9.59 Å². The highest BCUT2D eigenvalue weighted by molar-refractivity contribution is 6.17. The highest BCUT2D eigenvalue weighted by Gasteiger charge is 2.29. The molecule has 0 aromatic heterocycles. The number of Topliss-reactive ketones (excluding diaryl/α,β-unsaturated/α-hetero) is 1. The van der Waals surface area contributed by atoms with E-state index in [-0.39, 0.29) is 23.7 Å². The van der Waals surface area contributed by atoms with Gasteiger partial charge in [-0.25, -0.2) is 0 Å². The van der Waals surface area contributed by atoms with Crippen molar-refractivity contribution in [2.45, 2.75) is 64.5 Å². The molecule has 0 spiro atoms. The molecule has 2 aromatic carbocycles. The van der Waals surface area contributed by atoms with Gasteiger partial charge in [-0.3, -0.25) is 14.6 Å². The standard InChI is InChI=1S/C28H32N2O3/c1-7-28(8-2,9-3)30-26(32)20-12-10-19(11-13-20)25(31)17-24-23-16-22(33-6)15-14-21(23)18-27(4,5)29-24/h1,10-16H,8-9,17-18H2,2-6H3,(H,30,32). The first-order valence-electron chi connectivity index (χ1n) is 11.4. The van der Waals surface area contributed by atoms with Crippen LogP contribution >= 0.6 is 0 Å². The maximum absolute atomic E-state index is 13.1. The SMILES string of the molecule is C#CC(CC)(CC)NC(=O)c1ccc(C(=O)CC2=NC(C)(C)Cc3ccc(OC)cc32)cc1. The second kappa shape index (κ2) is 9.62. The smallest absolute Gasteiger partial charge is 0.252 e. The van der Waals surface area contributed by atoms with Gasteiger partial charge >= 0.3 is 0 Å². The Morgan fingerprint density at radius 1 is 1.12 bits per heavy atom. The quantitative estimate of drug-likeness (QED) is 0.459. The summed E-state index contributed by atoms with van der Waals surface area (Å²) in [5.74, 6) is 3.16.